The summed E-state index contributed by atoms with van der Waals surface area (Å²) in [5.74, 6) is 0. The average molecular weight is 439 g/mol. The van der Waals surface area contributed by atoms with Crippen molar-refractivity contribution in [3.05, 3.63) is 122 Å². The molecule has 0 unspecified atom stereocenters. The molecule has 2 heterocycles. The van der Waals surface area contributed by atoms with Crippen molar-refractivity contribution < 1.29 is 0 Å². The summed E-state index contributed by atoms with van der Waals surface area (Å²) in [6, 6.07) is 37.5. The quantitative estimate of drug-likeness (QED) is 0.287. The molecule has 0 saturated carbocycles. The Morgan fingerprint density at radius 1 is 0.412 bits per heavy atom. The second-order valence-corrected chi connectivity index (χ2v) is 8.23. The van der Waals surface area contributed by atoms with Crippen LogP contribution in [0, 0.1) is 0 Å². The monoisotopic (exact) mass is 438 g/mol. The van der Waals surface area contributed by atoms with Crippen LogP contribution in [0.1, 0.15) is 0 Å². The predicted octanol–water partition coefficient (Wildman–Crippen LogP) is 7.94. The van der Waals surface area contributed by atoms with Crippen molar-refractivity contribution in [1.29, 1.82) is 0 Å². The molecular weight excluding hydrogens is 416 g/mol. The van der Waals surface area contributed by atoms with E-state index in [1.54, 1.807) is 0 Å². The van der Waals surface area contributed by atoms with Crippen molar-refractivity contribution in [2.24, 2.45) is 0 Å². The molecule has 0 aliphatic heterocycles. The molecule has 162 valence electrons. The molecule has 34 heavy (non-hydrogen) atoms. The topological polar surface area (TPSA) is 49.8 Å². The maximum absolute atomic E-state index is 4.38. The first-order valence-corrected chi connectivity index (χ1v) is 11.2. The lowest BCUT2D eigenvalue weighted by Crippen LogP contribution is -1.91. The lowest BCUT2D eigenvalue weighted by Gasteiger charge is -2.10. The Morgan fingerprint density at radius 3 is 1.26 bits per heavy atom. The van der Waals surface area contributed by atoms with Crippen LogP contribution in [-0.2, 0) is 0 Å². The molecule has 0 amide bonds. The second-order valence-electron chi connectivity index (χ2n) is 8.23. The summed E-state index contributed by atoms with van der Waals surface area (Å²) >= 11 is 0. The fourth-order valence-electron chi connectivity index (χ4n) is 4.13. The molecule has 0 aliphatic rings. The molecule has 0 saturated heterocycles. The Balaban J connectivity index is 1.15. The Hall–Kier alpha value is -4.70. The van der Waals surface area contributed by atoms with E-state index in [4.69, 9.17) is 0 Å². The number of aromatic nitrogens is 2. The Kier molecular flexibility index (Phi) is 5.09. The van der Waals surface area contributed by atoms with Crippen molar-refractivity contribution in [3.63, 3.8) is 0 Å². The predicted molar refractivity (Wildman–Crippen MR) is 142 cm³/mol. The Labute approximate surface area is 198 Å². The Morgan fingerprint density at radius 2 is 0.824 bits per heavy atom. The molecule has 2 N–H and O–H groups in total. The highest BCUT2D eigenvalue weighted by Gasteiger charge is 2.03. The van der Waals surface area contributed by atoms with Gasteiger partial charge >= 0.3 is 0 Å². The number of nitrogens with one attached hydrogen (secondary N) is 2. The van der Waals surface area contributed by atoms with Crippen molar-refractivity contribution in [2.75, 3.05) is 10.6 Å². The summed E-state index contributed by atoms with van der Waals surface area (Å²) in [5.41, 5.74) is 8.56. The first-order valence-electron chi connectivity index (χ1n) is 11.2. The van der Waals surface area contributed by atoms with Gasteiger partial charge in [0.2, 0.25) is 0 Å². The third-order valence-electron chi connectivity index (χ3n) is 5.89. The van der Waals surface area contributed by atoms with Crippen LogP contribution in [0.3, 0.4) is 0 Å². The number of hydrogen-bond donors (Lipinski definition) is 2. The van der Waals surface area contributed by atoms with Crippen molar-refractivity contribution in [1.82, 2.24) is 9.97 Å². The van der Waals surface area contributed by atoms with Crippen molar-refractivity contribution in [3.8, 4) is 11.1 Å². The van der Waals surface area contributed by atoms with E-state index in [-0.39, 0.29) is 0 Å². The van der Waals surface area contributed by atoms with Crippen LogP contribution >= 0.6 is 0 Å². The van der Waals surface area contributed by atoms with Gasteiger partial charge in [0.1, 0.15) is 0 Å². The molecule has 6 rings (SSSR count). The van der Waals surface area contributed by atoms with Gasteiger partial charge in [-0.1, -0.05) is 36.4 Å². The van der Waals surface area contributed by atoms with Crippen LogP contribution in [0.15, 0.2) is 122 Å². The average Bonchev–Trinajstić information content (AvgIpc) is 2.89. The highest BCUT2D eigenvalue weighted by atomic mass is 14.9. The van der Waals surface area contributed by atoms with Gasteiger partial charge < -0.3 is 10.6 Å². The van der Waals surface area contributed by atoms with E-state index in [9.17, 15) is 0 Å². The number of fused-ring (bicyclic) bond motifs is 2. The molecule has 6 aromatic rings. The van der Waals surface area contributed by atoms with Crippen LogP contribution in [0.4, 0.5) is 22.7 Å². The van der Waals surface area contributed by atoms with Gasteiger partial charge in [0.05, 0.1) is 11.0 Å². The zero-order valence-electron chi connectivity index (χ0n) is 18.4. The van der Waals surface area contributed by atoms with E-state index in [0.717, 1.165) is 44.6 Å². The van der Waals surface area contributed by atoms with Gasteiger partial charge in [-0.05, 0) is 83.9 Å². The zero-order valence-corrected chi connectivity index (χ0v) is 18.4. The highest BCUT2D eigenvalue weighted by molar-refractivity contribution is 5.84. The number of pyridine rings is 2. The van der Waals surface area contributed by atoms with E-state index >= 15 is 0 Å². The summed E-state index contributed by atoms with van der Waals surface area (Å²) in [4.78, 5) is 8.76. The first kappa shape index (κ1) is 19.9. The fraction of sp³-hybridized carbons (Fsp3) is 0. The van der Waals surface area contributed by atoms with Gasteiger partial charge in [-0.15, -0.1) is 0 Å². The number of hydrogen-bond acceptors (Lipinski definition) is 4. The fourth-order valence-corrected chi connectivity index (χ4v) is 4.13. The standard InChI is InChI=1S/C30H22N4/c1-3-23-19-27(13-15-29(23)31-17-1)33-25-9-5-21(6-10-25)22-7-11-26(12-8-22)34-28-14-16-30-24(20-28)4-2-18-32-30/h1-20,33-34H. The summed E-state index contributed by atoms with van der Waals surface area (Å²) in [5, 5.41) is 9.21. The number of rotatable bonds is 5. The lowest BCUT2D eigenvalue weighted by atomic mass is 10.0. The van der Waals surface area contributed by atoms with Crippen LogP contribution in [-0.4, -0.2) is 9.97 Å². The molecule has 4 nitrogen and oxygen atoms in total. The molecule has 4 aromatic carbocycles. The highest BCUT2D eigenvalue weighted by Crippen LogP contribution is 2.27. The minimum atomic E-state index is 0.999. The molecule has 0 atom stereocenters. The minimum Gasteiger partial charge on any atom is -0.356 e. The minimum absolute atomic E-state index is 0.999. The molecule has 0 aliphatic carbocycles. The van der Waals surface area contributed by atoms with Crippen LogP contribution in [0.5, 0.6) is 0 Å². The Bertz CT molecular complexity index is 1470. The van der Waals surface area contributed by atoms with Gasteiger partial charge in [0.15, 0.2) is 0 Å². The van der Waals surface area contributed by atoms with E-state index in [1.807, 2.05) is 36.7 Å². The van der Waals surface area contributed by atoms with E-state index in [2.05, 4.69) is 106 Å². The van der Waals surface area contributed by atoms with Gasteiger partial charge in [0, 0.05) is 45.9 Å². The van der Waals surface area contributed by atoms with Gasteiger partial charge in [0.25, 0.3) is 0 Å². The van der Waals surface area contributed by atoms with Crippen molar-refractivity contribution in [2.45, 2.75) is 0 Å². The lowest BCUT2D eigenvalue weighted by molar-refractivity contribution is 1.41. The summed E-state index contributed by atoms with van der Waals surface area (Å²) in [6.07, 6.45) is 3.63. The molecule has 0 fully saturated rings. The molecule has 2 aromatic heterocycles. The third kappa shape index (κ3) is 4.17. The summed E-state index contributed by atoms with van der Waals surface area (Å²) < 4.78 is 0. The molecule has 4 heteroatoms. The second kappa shape index (κ2) is 8.68. The van der Waals surface area contributed by atoms with Crippen LogP contribution in [0.2, 0.25) is 0 Å². The number of benzene rings is 4. The van der Waals surface area contributed by atoms with Gasteiger partial charge in [-0.25, -0.2) is 0 Å². The van der Waals surface area contributed by atoms with Crippen LogP contribution < -0.4 is 10.6 Å². The number of nitrogens with zero attached hydrogens (tertiary/aromatic N) is 2. The maximum atomic E-state index is 4.38. The zero-order chi connectivity index (χ0) is 22.7. The molecule has 0 bridgehead atoms. The third-order valence-corrected chi connectivity index (χ3v) is 5.89. The van der Waals surface area contributed by atoms with E-state index in [0.29, 0.717) is 0 Å². The van der Waals surface area contributed by atoms with Gasteiger partial charge in [-0.3, -0.25) is 9.97 Å². The maximum Gasteiger partial charge on any atom is 0.0703 e. The SMILES string of the molecule is c1cnc2ccc(Nc3ccc(-c4ccc(Nc5ccc6ncccc6c5)cc4)cc3)cc2c1. The van der Waals surface area contributed by atoms with Gasteiger partial charge in [-0.2, -0.15) is 0 Å². The largest absolute Gasteiger partial charge is 0.356 e. The molecule has 0 spiro atoms. The first-order chi connectivity index (χ1) is 16.8. The normalized spacial score (nSPS) is 10.9. The van der Waals surface area contributed by atoms with Crippen molar-refractivity contribution >= 4 is 44.6 Å². The van der Waals surface area contributed by atoms with Crippen LogP contribution in [0.25, 0.3) is 32.9 Å². The van der Waals surface area contributed by atoms with E-state index in [1.165, 1.54) is 11.1 Å². The number of anilines is 4. The molecular formula is C30H22N4. The van der Waals surface area contributed by atoms with E-state index < -0.39 is 0 Å². The summed E-state index contributed by atoms with van der Waals surface area (Å²) in [6.45, 7) is 0. The smallest absolute Gasteiger partial charge is 0.0703 e. The summed E-state index contributed by atoms with van der Waals surface area (Å²) in [7, 11) is 0. The molecule has 0 radical (unpaired) electrons.